The average Bonchev–Trinajstić information content (AvgIpc) is 2.57. The standard InChI is InChI=1S/C14H22ClNS/c1-3-7-16-12(9-11-5-4-6-11)13-8-10(2)14(15)17-13/h8,11-12,16H,3-7,9H2,1-2H3. The van der Waals surface area contributed by atoms with Crippen LogP contribution in [0.5, 0.6) is 0 Å². The van der Waals surface area contributed by atoms with Gasteiger partial charge in [0.2, 0.25) is 0 Å². The molecular formula is C14H22ClNS. The van der Waals surface area contributed by atoms with E-state index in [2.05, 4.69) is 25.2 Å². The summed E-state index contributed by atoms with van der Waals surface area (Å²) in [4.78, 5) is 1.42. The van der Waals surface area contributed by atoms with Gasteiger partial charge in [-0.1, -0.05) is 37.8 Å². The Bertz CT molecular complexity index is 338. The Morgan fingerprint density at radius 2 is 2.29 bits per heavy atom. The Morgan fingerprint density at radius 3 is 2.76 bits per heavy atom. The molecule has 1 saturated carbocycles. The van der Waals surface area contributed by atoms with Gasteiger partial charge in [0, 0.05) is 10.9 Å². The largest absolute Gasteiger partial charge is 0.309 e. The zero-order chi connectivity index (χ0) is 12.3. The number of rotatable bonds is 6. The lowest BCUT2D eigenvalue weighted by Gasteiger charge is -2.29. The lowest BCUT2D eigenvalue weighted by molar-refractivity contribution is 0.262. The molecular weight excluding hydrogens is 250 g/mol. The van der Waals surface area contributed by atoms with Gasteiger partial charge < -0.3 is 5.32 Å². The fourth-order valence-corrected chi connectivity index (χ4v) is 3.64. The number of aryl methyl sites for hydroxylation is 1. The van der Waals surface area contributed by atoms with E-state index in [4.69, 9.17) is 11.6 Å². The molecule has 1 atom stereocenters. The van der Waals surface area contributed by atoms with Gasteiger partial charge in [0.15, 0.2) is 0 Å². The van der Waals surface area contributed by atoms with Gasteiger partial charge in [-0.15, -0.1) is 11.3 Å². The summed E-state index contributed by atoms with van der Waals surface area (Å²) < 4.78 is 0.955. The highest BCUT2D eigenvalue weighted by molar-refractivity contribution is 7.16. The molecule has 1 fully saturated rings. The average molecular weight is 272 g/mol. The van der Waals surface area contributed by atoms with Gasteiger partial charge in [0.05, 0.1) is 4.34 Å². The predicted octanol–water partition coefficient (Wildman–Crippen LogP) is 4.94. The molecule has 2 rings (SSSR count). The van der Waals surface area contributed by atoms with Gasteiger partial charge in [0.1, 0.15) is 0 Å². The van der Waals surface area contributed by atoms with Crippen LogP contribution < -0.4 is 5.32 Å². The molecule has 1 unspecified atom stereocenters. The van der Waals surface area contributed by atoms with Crippen molar-refractivity contribution in [3.05, 3.63) is 20.8 Å². The smallest absolute Gasteiger partial charge is 0.0960 e. The molecule has 0 aliphatic heterocycles. The summed E-state index contributed by atoms with van der Waals surface area (Å²) in [7, 11) is 0. The van der Waals surface area contributed by atoms with Gasteiger partial charge in [-0.2, -0.15) is 0 Å². The Labute approximate surface area is 114 Å². The van der Waals surface area contributed by atoms with Crippen molar-refractivity contribution in [1.82, 2.24) is 5.32 Å². The summed E-state index contributed by atoms with van der Waals surface area (Å²) in [6.07, 6.45) is 6.75. The maximum atomic E-state index is 6.18. The summed E-state index contributed by atoms with van der Waals surface area (Å²) in [6.45, 7) is 5.43. The second-order valence-corrected chi connectivity index (χ2v) is 6.83. The van der Waals surface area contributed by atoms with Gasteiger partial charge in [-0.05, 0) is 43.9 Å². The van der Waals surface area contributed by atoms with E-state index in [-0.39, 0.29) is 0 Å². The van der Waals surface area contributed by atoms with E-state index in [1.54, 1.807) is 11.3 Å². The second kappa shape index (κ2) is 6.21. The van der Waals surface area contributed by atoms with Crippen LogP contribution in [-0.4, -0.2) is 6.54 Å². The van der Waals surface area contributed by atoms with Crippen molar-refractivity contribution in [3.8, 4) is 0 Å². The van der Waals surface area contributed by atoms with E-state index in [0.717, 1.165) is 16.8 Å². The fraction of sp³-hybridized carbons (Fsp3) is 0.714. The Morgan fingerprint density at radius 1 is 1.53 bits per heavy atom. The summed E-state index contributed by atoms with van der Waals surface area (Å²) in [5.74, 6) is 0.936. The first kappa shape index (κ1) is 13.4. The fourth-order valence-electron chi connectivity index (χ4n) is 2.34. The van der Waals surface area contributed by atoms with Gasteiger partial charge in [-0.25, -0.2) is 0 Å². The van der Waals surface area contributed by atoms with E-state index in [0.29, 0.717) is 6.04 Å². The minimum absolute atomic E-state index is 0.524. The van der Waals surface area contributed by atoms with Crippen molar-refractivity contribution < 1.29 is 0 Å². The first-order valence-corrected chi connectivity index (χ1v) is 7.89. The Balaban J connectivity index is 2.02. The zero-order valence-electron chi connectivity index (χ0n) is 10.8. The Hall–Kier alpha value is -0.0500. The highest BCUT2D eigenvalue weighted by Crippen LogP contribution is 2.38. The van der Waals surface area contributed by atoms with Crippen LogP contribution in [0.2, 0.25) is 4.34 Å². The van der Waals surface area contributed by atoms with Crippen LogP contribution in [0.1, 0.15) is 55.5 Å². The van der Waals surface area contributed by atoms with Gasteiger partial charge in [0.25, 0.3) is 0 Å². The Kier molecular flexibility index (Phi) is 4.89. The monoisotopic (exact) mass is 271 g/mol. The molecule has 0 radical (unpaired) electrons. The number of thiophene rings is 1. The third kappa shape index (κ3) is 3.46. The van der Waals surface area contributed by atoms with Crippen LogP contribution in [0.15, 0.2) is 6.07 Å². The molecule has 1 N–H and O–H groups in total. The van der Waals surface area contributed by atoms with Crippen molar-refractivity contribution in [3.63, 3.8) is 0 Å². The second-order valence-electron chi connectivity index (χ2n) is 5.14. The van der Waals surface area contributed by atoms with Crippen LogP contribution in [0.3, 0.4) is 0 Å². The first-order valence-electron chi connectivity index (χ1n) is 6.70. The summed E-state index contributed by atoms with van der Waals surface area (Å²) in [6, 6.07) is 2.79. The number of nitrogens with one attached hydrogen (secondary N) is 1. The molecule has 0 amide bonds. The number of hydrogen-bond donors (Lipinski definition) is 1. The van der Waals surface area contributed by atoms with Crippen LogP contribution in [0, 0.1) is 12.8 Å². The molecule has 1 aromatic rings. The topological polar surface area (TPSA) is 12.0 Å². The van der Waals surface area contributed by atoms with Crippen LogP contribution in [-0.2, 0) is 0 Å². The van der Waals surface area contributed by atoms with Crippen LogP contribution in [0.4, 0.5) is 0 Å². The van der Waals surface area contributed by atoms with Crippen molar-refractivity contribution >= 4 is 22.9 Å². The quantitative estimate of drug-likeness (QED) is 0.773. The minimum Gasteiger partial charge on any atom is -0.309 e. The van der Waals surface area contributed by atoms with E-state index in [1.165, 1.54) is 42.5 Å². The van der Waals surface area contributed by atoms with E-state index < -0.39 is 0 Å². The summed E-state index contributed by atoms with van der Waals surface area (Å²) >= 11 is 7.94. The third-order valence-electron chi connectivity index (χ3n) is 3.65. The lowest BCUT2D eigenvalue weighted by atomic mass is 9.80. The summed E-state index contributed by atoms with van der Waals surface area (Å²) in [5, 5.41) is 3.68. The SMILES string of the molecule is CCCNC(CC1CCC1)c1cc(C)c(Cl)s1. The maximum absolute atomic E-state index is 6.18. The predicted molar refractivity (Wildman–Crippen MR) is 77.1 cm³/mol. The number of halogens is 1. The third-order valence-corrected chi connectivity index (χ3v) is 5.32. The normalized spacial score (nSPS) is 18.1. The van der Waals surface area contributed by atoms with Gasteiger partial charge in [-0.3, -0.25) is 0 Å². The van der Waals surface area contributed by atoms with Crippen LogP contribution in [0.25, 0.3) is 0 Å². The van der Waals surface area contributed by atoms with Crippen molar-refractivity contribution in [2.24, 2.45) is 5.92 Å². The molecule has 1 aliphatic carbocycles. The highest BCUT2D eigenvalue weighted by Gasteiger charge is 2.24. The molecule has 0 saturated heterocycles. The molecule has 1 nitrogen and oxygen atoms in total. The molecule has 0 aromatic carbocycles. The van der Waals surface area contributed by atoms with Gasteiger partial charge >= 0.3 is 0 Å². The molecule has 1 aliphatic rings. The minimum atomic E-state index is 0.524. The number of hydrogen-bond acceptors (Lipinski definition) is 2. The molecule has 17 heavy (non-hydrogen) atoms. The van der Waals surface area contributed by atoms with Crippen LogP contribution >= 0.6 is 22.9 Å². The molecule has 1 heterocycles. The van der Waals surface area contributed by atoms with E-state index >= 15 is 0 Å². The molecule has 1 aromatic heterocycles. The first-order chi connectivity index (χ1) is 8.20. The zero-order valence-corrected chi connectivity index (χ0v) is 12.3. The molecule has 96 valence electrons. The summed E-state index contributed by atoms with van der Waals surface area (Å²) in [5.41, 5.74) is 1.23. The molecule has 3 heteroatoms. The lowest BCUT2D eigenvalue weighted by Crippen LogP contribution is -2.26. The highest BCUT2D eigenvalue weighted by atomic mass is 35.5. The van der Waals surface area contributed by atoms with Crippen molar-refractivity contribution in [2.45, 2.75) is 52.0 Å². The maximum Gasteiger partial charge on any atom is 0.0960 e. The van der Waals surface area contributed by atoms with E-state index in [1.807, 2.05) is 0 Å². The molecule has 0 spiro atoms. The van der Waals surface area contributed by atoms with Crippen molar-refractivity contribution in [2.75, 3.05) is 6.54 Å². The molecule has 0 bridgehead atoms. The van der Waals surface area contributed by atoms with Crippen molar-refractivity contribution in [1.29, 1.82) is 0 Å². The van der Waals surface area contributed by atoms with E-state index in [9.17, 15) is 0 Å².